The summed E-state index contributed by atoms with van der Waals surface area (Å²) in [6.45, 7) is -0.572. The quantitative estimate of drug-likeness (QED) is 0.194. The number of aromatic amines is 1. The maximum atomic E-state index is 13.0. The van der Waals surface area contributed by atoms with Crippen LogP contribution < -0.4 is 21.3 Å². The molecule has 16 heteroatoms. The molecule has 9 N–H and O–H groups in total. The Morgan fingerprint density at radius 3 is 2.44 bits per heavy atom. The lowest BCUT2D eigenvalue weighted by molar-refractivity contribution is 0.231. The highest BCUT2D eigenvalue weighted by Crippen LogP contribution is 2.38. The molecule has 0 aliphatic carbocycles. The Bertz CT molecular complexity index is 1290. The molecule has 14 nitrogen and oxygen atoms in total. The summed E-state index contributed by atoms with van der Waals surface area (Å²) in [6, 6.07) is 5.51. The van der Waals surface area contributed by atoms with E-state index < -0.39 is 35.8 Å². The number of tetrazole rings is 1. The van der Waals surface area contributed by atoms with Gasteiger partial charge in [0.25, 0.3) is 0 Å². The van der Waals surface area contributed by atoms with E-state index in [1.54, 1.807) is 6.07 Å². The summed E-state index contributed by atoms with van der Waals surface area (Å²) in [5, 5.41) is 27.9. The molecular formula is C16H21N9O5S2. The van der Waals surface area contributed by atoms with Gasteiger partial charge < -0.3 is 16.6 Å². The number of anilines is 1. The van der Waals surface area contributed by atoms with E-state index in [4.69, 9.17) is 16.6 Å². The van der Waals surface area contributed by atoms with Crippen LogP contribution in [0.15, 0.2) is 40.3 Å². The molecular weight excluding hydrogens is 462 g/mol. The van der Waals surface area contributed by atoms with Crippen molar-refractivity contribution in [3.8, 4) is 22.5 Å². The molecule has 0 unspecified atom stereocenters. The Hall–Kier alpha value is -3.02. The standard InChI is InChI=1S/C16H21N9O5S2/c17-5-9(8-26)6-21-32(29,30)12-3-2-11(10-1-4-13(18)20-7-10)14(15(12)31(19,27)28)16-22-24-25-23-16/h1-4,7,9,21,26H,5-6,8,17H2,(H2,18,20)(H2,19,27,28)(H,22,23,24,25)/t9-/m1/s1. The number of aliphatic hydroxyl groups is 1. The van der Waals surface area contributed by atoms with E-state index in [9.17, 15) is 21.9 Å². The molecule has 0 aliphatic rings. The van der Waals surface area contributed by atoms with Crippen LogP contribution in [0.3, 0.4) is 0 Å². The van der Waals surface area contributed by atoms with Crippen molar-refractivity contribution in [2.45, 2.75) is 9.79 Å². The minimum absolute atomic E-state index is 0.0122. The smallest absolute Gasteiger partial charge is 0.241 e. The second-order valence-corrected chi connectivity index (χ2v) is 9.94. The number of aromatic nitrogens is 5. The minimum atomic E-state index is -4.62. The Kier molecular flexibility index (Phi) is 6.82. The fourth-order valence-electron chi connectivity index (χ4n) is 2.88. The number of nitrogen functional groups attached to an aromatic ring is 1. The molecule has 0 bridgehead atoms. The summed E-state index contributed by atoms with van der Waals surface area (Å²) in [5.41, 5.74) is 11.6. The molecule has 0 fully saturated rings. The Morgan fingerprint density at radius 2 is 1.91 bits per heavy atom. The molecule has 2 aromatic heterocycles. The van der Waals surface area contributed by atoms with Crippen LogP contribution in [0.1, 0.15) is 0 Å². The van der Waals surface area contributed by atoms with Crippen molar-refractivity contribution in [3.05, 3.63) is 30.5 Å². The third-order valence-electron chi connectivity index (χ3n) is 4.52. The molecule has 32 heavy (non-hydrogen) atoms. The molecule has 3 aromatic rings. The van der Waals surface area contributed by atoms with Crippen LogP contribution in [-0.4, -0.2) is 67.2 Å². The Morgan fingerprint density at radius 1 is 1.16 bits per heavy atom. The van der Waals surface area contributed by atoms with Crippen LogP contribution in [0.2, 0.25) is 0 Å². The van der Waals surface area contributed by atoms with E-state index in [0.29, 0.717) is 5.56 Å². The summed E-state index contributed by atoms with van der Waals surface area (Å²) in [4.78, 5) is 2.62. The first-order chi connectivity index (χ1) is 15.1. The van der Waals surface area contributed by atoms with Crippen molar-refractivity contribution in [3.63, 3.8) is 0 Å². The van der Waals surface area contributed by atoms with Gasteiger partial charge in [-0.2, -0.15) is 5.21 Å². The molecule has 2 heterocycles. The van der Waals surface area contributed by atoms with E-state index in [-0.39, 0.29) is 42.5 Å². The van der Waals surface area contributed by atoms with Gasteiger partial charge in [0.05, 0.1) is 5.56 Å². The Balaban J connectivity index is 2.29. The molecule has 1 atom stereocenters. The van der Waals surface area contributed by atoms with Crippen LogP contribution in [0, 0.1) is 5.92 Å². The average molecular weight is 484 g/mol. The summed E-state index contributed by atoms with van der Waals surface area (Å²) in [7, 11) is -9.03. The SMILES string of the molecule is NC[C@@H](CO)CNS(=O)(=O)c1ccc(-c2ccc(N)nc2)c(-c2nn[nH]n2)c1S(N)(=O)=O. The number of nitrogens with zero attached hydrogens (tertiary/aromatic N) is 4. The lowest BCUT2D eigenvalue weighted by Crippen LogP contribution is -2.35. The largest absolute Gasteiger partial charge is 0.396 e. The molecule has 3 rings (SSSR count). The van der Waals surface area contributed by atoms with Gasteiger partial charge in [-0.3, -0.25) is 0 Å². The number of sulfonamides is 2. The van der Waals surface area contributed by atoms with E-state index >= 15 is 0 Å². The monoisotopic (exact) mass is 483 g/mol. The van der Waals surface area contributed by atoms with Crippen molar-refractivity contribution in [2.24, 2.45) is 16.8 Å². The zero-order valence-corrected chi connectivity index (χ0v) is 18.1. The molecule has 0 aliphatic heterocycles. The average Bonchev–Trinajstić information content (AvgIpc) is 3.28. The number of hydrogen-bond acceptors (Lipinski definition) is 11. The van der Waals surface area contributed by atoms with Crippen LogP contribution in [0.25, 0.3) is 22.5 Å². The van der Waals surface area contributed by atoms with Crippen LogP contribution in [0.4, 0.5) is 5.82 Å². The lowest BCUT2D eigenvalue weighted by Gasteiger charge is -2.18. The van der Waals surface area contributed by atoms with Crippen molar-refractivity contribution in [1.82, 2.24) is 30.3 Å². The molecule has 0 saturated carbocycles. The number of nitrogens with one attached hydrogen (secondary N) is 2. The number of nitrogens with two attached hydrogens (primary N) is 3. The Labute approximate surface area is 183 Å². The summed E-state index contributed by atoms with van der Waals surface area (Å²) in [6.07, 6.45) is 1.38. The first-order valence-corrected chi connectivity index (χ1v) is 12.1. The summed E-state index contributed by atoms with van der Waals surface area (Å²) >= 11 is 0. The number of aliphatic hydroxyl groups excluding tert-OH is 1. The van der Waals surface area contributed by atoms with Crippen LogP contribution >= 0.6 is 0 Å². The van der Waals surface area contributed by atoms with Gasteiger partial charge in [0.2, 0.25) is 25.9 Å². The number of primary sulfonamides is 1. The molecule has 1 aromatic carbocycles. The third kappa shape index (κ3) is 4.90. The zero-order chi connectivity index (χ0) is 23.5. The van der Waals surface area contributed by atoms with Crippen LogP contribution in [0.5, 0.6) is 0 Å². The highest BCUT2D eigenvalue weighted by atomic mass is 32.2. The minimum Gasteiger partial charge on any atom is -0.396 e. The van der Waals surface area contributed by atoms with E-state index in [1.807, 2.05) is 0 Å². The van der Waals surface area contributed by atoms with Crippen LogP contribution in [-0.2, 0) is 20.0 Å². The molecule has 0 saturated heterocycles. The van der Waals surface area contributed by atoms with Gasteiger partial charge in [-0.1, -0.05) is 6.07 Å². The van der Waals surface area contributed by atoms with Gasteiger partial charge in [-0.15, -0.1) is 10.2 Å². The number of rotatable bonds is 9. The van der Waals surface area contributed by atoms with Gasteiger partial charge in [0.15, 0.2) is 0 Å². The first kappa shape index (κ1) is 23.6. The molecule has 0 radical (unpaired) electrons. The fraction of sp³-hybridized carbons (Fsp3) is 0.250. The predicted molar refractivity (Wildman–Crippen MR) is 113 cm³/mol. The maximum Gasteiger partial charge on any atom is 0.241 e. The van der Waals surface area contributed by atoms with Crippen molar-refractivity contribution < 1.29 is 21.9 Å². The topological polar surface area (TPSA) is 246 Å². The van der Waals surface area contributed by atoms with Crippen molar-refractivity contribution in [1.29, 1.82) is 0 Å². The first-order valence-electron chi connectivity index (χ1n) is 9.04. The van der Waals surface area contributed by atoms with Gasteiger partial charge in [-0.05, 0) is 35.5 Å². The second-order valence-electron chi connectivity index (χ2n) is 6.70. The van der Waals surface area contributed by atoms with Gasteiger partial charge in [-0.25, -0.2) is 31.7 Å². The van der Waals surface area contributed by atoms with Gasteiger partial charge in [0, 0.05) is 30.8 Å². The van der Waals surface area contributed by atoms with Crippen molar-refractivity contribution >= 4 is 25.9 Å². The number of H-pyrrole nitrogens is 1. The van der Waals surface area contributed by atoms with E-state index in [1.165, 1.54) is 18.3 Å². The summed E-state index contributed by atoms with van der Waals surface area (Å²) < 4.78 is 53.5. The lowest BCUT2D eigenvalue weighted by atomic mass is 10.0. The summed E-state index contributed by atoms with van der Waals surface area (Å²) in [5.74, 6) is -0.545. The van der Waals surface area contributed by atoms with E-state index in [0.717, 1.165) is 6.07 Å². The number of pyridine rings is 1. The molecule has 0 spiro atoms. The van der Waals surface area contributed by atoms with E-state index in [2.05, 4.69) is 30.3 Å². The normalized spacial score (nSPS) is 13.2. The van der Waals surface area contributed by atoms with Gasteiger partial charge >= 0.3 is 0 Å². The highest BCUT2D eigenvalue weighted by Gasteiger charge is 2.32. The molecule has 172 valence electrons. The highest BCUT2D eigenvalue weighted by molar-refractivity contribution is 7.92. The number of benzene rings is 1. The maximum absolute atomic E-state index is 13.0. The fourth-order valence-corrected chi connectivity index (χ4v) is 5.60. The molecule has 0 amide bonds. The predicted octanol–water partition coefficient (Wildman–Crippen LogP) is -2.00. The number of hydrogen-bond donors (Lipinski definition) is 6. The van der Waals surface area contributed by atoms with Crippen molar-refractivity contribution in [2.75, 3.05) is 25.4 Å². The third-order valence-corrected chi connectivity index (χ3v) is 7.10. The zero-order valence-electron chi connectivity index (χ0n) is 16.5. The second kappa shape index (κ2) is 9.23. The van der Waals surface area contributed by atoms with Gasteiger partial charge in [0.1, 0.15) is 15.6 Å².